The topological polar surface area (TPSA) is 50.5 Å². The van der Waals surface area contributed by atoms with Gasteiger partial charge in [-0.3, -0.25) is 5.84 Å². The summed E-state index contributed by atoms with van der Waals surface area (Å²) in [5, 5.41) is 5.18. The summed E-state index contributed by atoms with van der Waals surface area (Å²) in [6.45, 7) is 3.59. The standard InChI is InChI=1S/C6H13N3O/c7-9-3-5-6(4-9)10-2-1-8-5/h5-6,8H,1-4,7H2/t5-,6-/m1/s1. The minimum atomic E-state index is 0.332. The van der Waals surface area contributed by atoms with Gasteiger partial charge in [-0.05, 0) is 0 Å². The molecule has 4 heteroatoms. The number of nitrogens with zero attached hydrogens (tertiary/aromatic N) is 1. The number of hydrogen-bond donors (Lipinski definition) is 2. The van der Waals surface area contributed by atoms with Crippen LogP contribution in [0.2, 0.25) is 0 Å². The summed E-state index contributed by atoms with van der Waals surface area (Å²) in [5.74, 6) is 5.61. The van der Waals surface area contributed by atoms with E-state index in [4.69, 9.17) is 10.6 Å². The maximum absolute atomic E-state index is 5.61. The highest BCUT2D eigenvalue weighted by Crippen LogP contribution is 2.12. The van der Waals surface area contributed by atoms with Crippen LogP contribution in [-0.4, -0.2) is 43.4 Å². The van der Waals surface area contributed by atoms with E-state index in [0.29, 0.717) is 12.1 Å². The SMILES string of the molecule is NN1C[C@H]2NCCO[C@@H]2C1. The third-order valence-electron chi connectivity index (χ3n) is 2.13. The molecular formula is C6H13N3O. The predicted molar refractivity (Wildman–Crippen MR) is 37.3 cm³/mol. The van der Waals surface area contributed by atoms with Crippen LogP contribution in [0.4, 0.5) is 0 Å². The number of nitrogens with two attached hydrogens (primary N) is 1. The lowest BCUT2D eigenvalue weighted by Crippen LogP contribution is -2.47. The van der Waals surface area contributed by atoms with E-state index >= 15 is 0 Å². The molecule has 0 unspecified atom stereocenters. The molecule has 2 rings (SSSR count). The quantitative estimate of drug-likeness (QED) is 0.407. The minimum Gasteiger partial charge on any atom is -0.374 e. The van der Waals surface area contributed by atoms with Gasteiger partial charge in [0.25, 0.3) is 0 Å². The molecule has 2 saturated heterocycles. The van der Waals surface area contributed by atoms with Crippen molar-refractivity contribution in [1.82, 2.24) is 10.3 Å². The average Bonchev–Trinajstić information content (AvgIpc) is 2.27. The number of fused-ring (bicyclic) bond motifs is 1. The molecule has 0 aromatic rings. The number of morpholine rings is 1. The summed E-state index contributed by atoms with van der Waals surface area (Å²) < 4.78 is 5.49. The van der Waals surface area contributed by atoms with Gasteiger partial charge in [0.05, 0.1) is 12.7 Å². The summed E-state index contributed by atoms with van der Waals surface area (Å²) in [4.78, 5) is 0. The zero-order chi connectivity index (χ0) is 6.97. The fourth-order valence-corrected chi connectivity index (χ4v) is 1.62. The fourth-order valence-electron chi connectivity index (χ4n) is 1.62. The summed E-state index contributed by atoms with van der Waals surface area (Å²) in [6.07, 6.45) is 0.332. The second-order valence-electron chi connectivity index (χ2n) is 2.92. The van der Waals surface area contributed by atoms with Gasteiger partial charge in [0.2, 0.25) is 0 Å². The van der Waals surface area contributed by atoms with Gasteiger partial charge in [-0.25, -0.2) is 5.01 Å². The highest BCUT2D eigenvalue weighted by Gasteiger charge is 2.33. The first-order valence-electron chi connectivity index (χ1n) is 3.71. The van der Waals surface area contributed by atoms with Crippen molar-refractivity contribution in [2.75, 3.05) is 26.2 Å². The van der Waals surface area contributed by atoms with Crippen molar-refractivity contribution in [2.24, 2.45) is 5.84 Å². The first-order valence-corrected chi connectivity index (χ1v) is 3.71. The molecule has 10 heavy (non-hydrogen) atoms. The van der Waals surface area contributed by atoms with Crippen LogP contribution in [0.1, 0.15) is 0 Å². The molecule has 0 aromatic heterocycles. The van der Waals surface area contributed by atoms with Crippen LogP contribution in [0.25, 0.3) is 0 Å². The molecule has 2 atom stereocenters. The second-order valence-corrected chi connectivity index (χ2v) is 2.92. The molecule has 0 radical (unpaired) electrons. The van der Waals surface area contributed by atoms with Crippen molar-refractivity contribution in [3.63, 3.8) is 0 Å². The van der Waals surface area contributed by atoms with E-state index in [2.05, 4.69) is 5.32 Å². The molecular weight excluding hydrogens is 130 g/mol. The van der Waals surface area contributed by atoms with Crippen LogP contribution in [0.5, 0.6) is 0 Å². The van der Waals surface area contributed by atoms with Crippen molar-refractivity contribution in [1.29, 1.82) is 0 Å². The lowest BCUT2D eigenvalue weighted by molar-refractivity contribution is 0.0177. The number of hydrazine groups is 1. The van der Waals surface area contributed by atoms with E-state index in [1.54, 1.807) is 0 Å². The molecule has 2 aliphatic heterocycles. The van der Waals surface area contributed by atoms with Crippen molar-refractivity contribution in [2.45, 2.75) is 12.1 Å². The highest BCUT2D eigenvalue weighted by atomic mass is 16.5. The van der Waals surface area contributed by atoms with E-state index in [-0.39, 0.29) is 0 Å². The number of nitrogens with one attached hydrogen (secondary N) is 1. The Bertz CT molecular complexity index is 116. The molecule has 3 N–H and O–H groups in total. The molecule has 0 amide bonds. The van der Waals surface area contributed by atoms with Gasteiger partial charge in [-0.2, -0.15) is 0 Å². The Balaban J connectivity index is 1.97. The van der Waals surface area contributed by atoms with Crippen molar-refractivity contribution in [3.05, 3.63) is 0 Å². The Morgan fingerprint density at radius 2 is 2.40 bits per heavy atom. The molecule has 58 valence electrons. The zero-order valence-electron chi connectivity index (χ0n) is 5.92. The molecule has 0 aliphatic carbocycles. The monoisotopic (exact) mass is 143 g/mol. The third-order valence-corrected chi connectivity index (χ3v) is 2.13. The van der Waals surface area contributed by atoms with Crippen LogP contribution in [0, 0.1) is 0 Å². The highest BCUT2D eigenvalue weighted by molar-refractivity contribution is 4.90. The van der Waals surface area contributed by atoms with Crippen molar-refractivity contribution in [3.8, 4) is 0 Å². The van der Waals surface area contributed by atoms with Crippen molar-refractivity contribution >= 4 is 0 Å². The lowest BCUT2D eigenvalue weighted by Gasteiger charge is -2.25. The molecule has 2 heterocycles. The molecule has 2 aliphatic rings. The van der Waals surface area contributed by atoms with E-state index in [0.717, 1.165) is 26.2 Å². The normalized spacial score (nSPS) is 41.7. The molecule has 2 fully saturated rings. The maximum atomic E-state index is 5.61. The fraction of sp³-hybridized carbons (Fsp3) is 1.00. The van der Waals surface area contributed by atoms with E-state index in [1.807, 2.05) is 5.01 Å². The van der Waals surface area contributed by atoms with Gasteiger partial charge in [-0.15, -0.1) is 0 Å². The number of ether oxygens (including phenoxy) is 1. The zero-order valence-corrected chi connectivity index (χ0v) is 5.92. The van der Waals surface area contributed by atoms with E-state index in [9.17, 15) is 0 Å². The molecule has 0 spiro atoms. The summed E-state index contributed by atoms with van der Waals surface area (Å²) in [6, 6.07) is 0.471. The van der Waals surface area contributed by atoms with Gasteiger partial charge in [-0.1, -0.05) is 0 Å². The Morgan fingerprint density at radius 1 is 1.50 bits per heavy atom. The molecule has 0 bridgehead atoms. The van der Waals surface area contributed by atoms with Crippen LogP contribution in [0.15, 0.2) is 0 Å². The third kappa shape index (κ3) is 1.03. The smallest absolute Gasteiger partial charge is 0.0882 e. The van der Waals surface area contributed by atoms with Gasteiger partial charge >= 0.3 is 0 Å². The van der Waals surface area contributed by atoms with Crippen molar-refractivity contribution < 1.29 is 4.74 Å². The summed E-state index contributed by atoms with van der Waals surface area (Å²) in [5.41, 5.74) is 0. The molecule has 0 saturated carbocycles. The number of rotatable bonds is 0. The number of hydrogen-bond acceptors (Lipinski definition) is 4. The second kappa shape index (κ2) is 2.47. The largest absolute Gasteiger partial charge is 0.374 e. The predicted octanol–water partition coefficient (Wildman–Crippen LogP) is -1.47. The van der Waals surface area contributed by atoms with E-state index < -0.39 is 0 Å². The van der Waals surface area contributed by atoms with E-state index in [1.165, 1.54) is 0 Å². The van der Waals surface area contributed by atoms with Gasteiger partial charge in [0, 0.05) is 25.7 Å². The Labute approximate surface area is 60.3 Å². The molecule has 4 nitrogen and oxygen atoms in total. The first kappa shape index (κ1) is 6.54. The molecule has 0 aromatic carbocycles. The van der Waals surface area contributed by atoms with Crippen LogP contribution in [0.3, 0.4) is 0 Å². The van der Waals surface area contributed by atoms with Gasteiger partial charge < -0.3 is 10.1 Å². The Hall–Kier alpha value is -0.160. The summed E-state index contributed by atoms with van der Waals surface area (Å²) in [7, 11) is 0. The maximum Gasteiger partial charge on any atom is 0.0882 e. The Kier molecular flexibility index (Phi) is 1.61. The first-order chi connectivity index (χ1) is 4.86. The summed E-state index contributed by atoms with van der Waals surface area (Å²) >= 11 is 0. The van der Waals surface area contributed by atoms with Crippen LogP contribution in [-0.2, 0) is 4.74 Å². The van der Waals surface area contributed by atoms with Gasteiger partial charge in [0.1, 0.15) is 0 Å². The van der Waals surface area contributed by atoms with Crippen LogP contribution < -0.4 is 11.2 Å². The average molecular weight is 143 g/mol. The van der Waals surface area contributed by atoms with Gasteiger partial charge in [0.15, 0.2) is 0 Å². The van der Waals surface area contributed by atoms with Crippen LogP contribution >= 0.6 is 0 Å². The lowest BCUT2D eigenvalue weighted by atomic mass is 10.2. The Morgan fingerprint density at radius 3 is 3.20 bits per heavy atom. The minimum absolute atomic E-state index is 0.332.